The van der Waals surface area contributed by atoms with Crippen molar-refractivity contribution >= 4 is 11.8 Å². The van der Waals surface area contributed by atoms with E-state index >= 15 is 0 Å². The minimum Gasteiger partial charge on any atom is -0.469 e. The van der Waals surface area contributed by atoms with Gasteiger partial charge in [-0.1, -0.05) is 61.5 Å². The lowest BCUT2D eigenvalue weighted by Gasteiger charge is -2.12. The van der Waals surface area contributed by atoms with Crippen molar-refractivity contribution in [2.75, 3.05) is 7.11 Å². The van der Waals surface area contributed by atoms with Crippen molar-refractivity contribution in [3.8, 4) is 0 Å². The minimum absolute atomic E-state index is 0.00663. The van der Waals surface area contributed by atoms with Gasteiger partial charge in [-0.05, 0) is 18.4 Å². The summed E-state index contributed by atoms with van der Waals surface area (Å²) >= 11 is 0. The van der Waals surface area contributed by atoms with Gasteiger partial charge in [0, 0.05) is 11.1 Å². The predicted molar refractivity (Wildman–Crippen MR) is 85.8 cm³/mol. The third-order valence-corrected chi connectivity index (χ3v) is 3.76. The molecule has 0 amide bonds. The Bertz CT molecular complexity index is 629. The average molecular weight is 296 g/mol. The van der Waals surface area contributed by atoms with E-state index in [4.69, 9.17) is 4.74 Å². The van der Waals surface area contributed by atoms with Crippen molar-refractivity contribution in [1.82, 2.24) is 0 Å². The Morgan fingerprint density at radius 3 is 2.09 bits per heavy atom. The number of hydrogen-bond donors (Lipinski definition) is 0. The SMILES string of the molecule is CC[C@@H](Cc1ccc(C(=O)c2ccccc2)cc1)C(=O)OC. The summed E-state index contributed by atoms with van der Waals surface area (Å²) in [7, 11) is 1.41. The second-order valence-electron chi connectivity index (χ2n) is 5.22. The molecule has 0 fully saturated rings. The quantitative estimate of drug-likeness (QED) is 0.603. The Hall–Kier alpha value is -2.42. The molecular formula is C19H20O3. The van der Waals surface area contributed by atoms with Gasteiger partial charge in [0.1, 0.15) is 0 Å². The summed E-state index contributed by atoms with van der Waals surface area (Å²) in [5.41, 5.74) is 2.36. The Kier molecular flexibility index (Phi) is 5.48. The maximum Gasteiger partial charge on any atom is 0.308 e. The highest BCUT2D eigenvalue weighted by molar-refractivity contribution is 6.08. The molecule has 0 aliphatic carbocycles. The molecule has 0 heterocycles. The van der Waals surface area contributed by atoms with Crippen molar-refractivity contribution in [3.63, 3.8) is 0 Å². The molecule has 0 aliphatic heterocycles. The number of ketones is 1. The minimum atomic E-state index is -0.188. The first-order valence-corrected chi connectivity index (χ1v) is 7.42. The van der Waals surface area contributed by atoms with Crippen LogP contribution in [-0.4, -0.2) is 18.9 Å². The number of carbonyl (C=O) groups excluding carboxylic acids is 2. The molecule has 2 rings (SSSR count). The van der Waals surface area contributed by atoms with Crippen LogP contribution in [0.4, 0.5) is 0 Å². The Morgan fingerprint density at radius 2 is 1.55 bits per heavy atom. The molecular weight excluding hydrogens is 276 g/mol. The van der Waals surface area contributed by atoms with Gasteiger partial charge in [0.05, 0.1) is 13.0 Å². The molecule has 0 saturated carbocycles. The molecule has 2 aromatic rings. The van der Waals surface area contributed by atoms with E-state index < -0.39 is 0 Å². The highest BCUT2D eigenvalue weighted by atomic mass is 16.5. The first-order chi connectivity index (χ1) is 10.7. The number of ether oxygens (including phenoxy) is 1. The van der Waals surface area contributed by atoms with E-state index in [-0.39, 0.29) is 17.7 Å². The molecule has 22 heavy (non-hydrogen) atoms. The summed E-state index contributed by atoms with van der Waals surface area (Å²) in [6.45, 7) is 1.97. The standard InChI is InChI=1S/C19H20O3/c1-3-15(19(21)22-2)13-14-9-11-17(12-10-14)18(20)16-7-5-4-6-8-16/h4-12,15H,3,13H2,1-2H3/t15-/m0/s1. The van der Waals surface area contributed by atoms with E-state index in [1.165, 1.54) is 7.11 Å². The molecule has 2 aromatic carbocycles. The van der Waals surface area contributed by atoms with Crippen LogP contribution in [0.15, 0.2) is 54.6 Å². The van der Waals surface area contributed by atoms with Gasteiger partial charge >= 0.3 is 5.97 Å². The van der Waals surface area contributed by atoms with E-state index in [1.807, 2.05) is 49.4 Å². The number of rotatable bonds is 6. The number of esters is 1. The van der Waals surface area contributed by atoms with Crippen LogP contribution in [0.1, 0.15) is 34.8 Å². The lowest BCUT2D eigenvalue weighted by atomic mass is 9.95. The van der Waals surface area contributed by atoms with Gasteiger partial charge in [-0.15, -0.1) is 0 Å². The molecule has 3 nitrogen and oxygen atoms in total. The van der Waals surface area contributed by atoms with Crippen molar-refractivity contribution in [2.24, 2.45) is 5.92 Å². The van der Waals surface area contributed by atoms with Gasteiger partial charge in [-0.2, -0.15) is 0 Å². The van der Waals surface area contributed by atoms with Crippen molar-refractivity contribution in [1.29, 1.82) is 0 Å². The highest BCUT2D eigenvalue weighted by Crippen LogP contribution is 2.16. The fourth-order valence-electron chi connectivity index (χ4n) is 2.39. The van der Waals surface area contributed by atoms with Gasteiger partial charge in [0.15, 0.2) is 5.78 Å². The van der Waals surface area contributed by atoms with Gasteiger partial charge in [0.25, 0.3) is 0 Å². The summed E-state index contributed by atoms with van der Waals surface area (Å²) in [5.74, 6) is -0.320. The molecule has 0 unspecified atom stereocenters. The molecule has 0 radical (unpaired) electrons. The van der Waals surface area contributed by atoms with Crippen LogP contribution >= 0.6 is 0 Å². The smallest absolute Gasteiger partial charge is 0.308 e. The second-order valence-corrected chi connectivity index (χ2v) is 5.22. The van der Waals surface area contributed by atoms with Crippen molar-refractivity contribution in [2.45, 2.75) is 19.8 Å². The molecule has 114 valence electrons. The molecule has 0 aliphatic rings. The van der Waals surface area contributed by atoms with E-state index in [2.05, 4.69) is 0 Å². The third kappa shape index (κ3) is 3.82. The summed E-state index contributed by atoms with van der Waals surface area (Å²) in [6.07, 6.45) is 1.36. The summed E-state index contributed by atoms with van der Waals surface area (Å²) in [5, 5.41) is 0. The molecule has 0 bridgehead atoms. The van der Waals surface area contributed by atoms with E-state index in [0.29, 0.717) is 17.5 Å². The average Bonchev–Trinajstić information content (AvgIpc) is 2.59. The molecule has 0 aromatic heterocycles. The molecule has 0 saturated heterocycles. The maximum atomic E-state index is 12.3. The topological polar surface area (TPSA) is 43.4 Å². The Balaban J connectivity index is 2.10. The zero-order valence-electron chi connectivity index (χ0n) is 12.9. The fourth-order valence-corrected chi connectivity index (χ4v) is 2.39. The first kappa shape index (κ1) is 16.0. The summed E-state index contributed by atoms with van der Waals surface area (Å²) in [6, 6.07) is 16.6. The monoisotopic (exact) mass is 296 g/mol. The third-order valence-electron chi connectivity index (χ3n) is 3.76. The lowest BCUT2D eigenvalue weighted by molar-refractivity contribution is -0.145. The zero-order chi connectivity index (χ0) is 15.9. The highest BCUT2D eigenvalue weighted by Gasteiger charge is 2.17. The number of carbonyl (C=O) groups is 2. The fraction of sp³-hybridized carbons (Fsp3) is 0.263. The normalized spacial score (nSPS) is 11.7. The Morgan fingerprint density at radius 1 is 0.955 bits per heavy atom. The first-order valence-electron chi connectivity index (χ1n) is 7.42. The molecule has 0 spiro atoms. The number of hydrogen-bond acceptors (Lipinski definition) is 3. The zero-order valence-corrected chi connectivity index (χ0v) is 12.9. The van der Waals surface area contributed by atoms with Crippen LogP contribution in [0.2, 0.25) is 0 Å². The number of benzene rings is 2. The van der Waals surface area contributed by atoms with Gasteiger partial charge in [-0.25, -0.2) is 0 Å². The molecule has 3 heteroatoms. The summed E-state index contributed by atoms with van der Waals surface area (Å²) in [4.78, 5) is 23.9. The van der Waals surface area contributed by atoms with Gasteiger partial charge < -0.3 is 4.74 Å². The van der Waals surface area contributed by atoms with E-state index in [1.54, 1.807) is 12.1 Å². The predicted octanol–water partition coefficient (Wildman–Crippen LogP) is 3.66. The molecule has 0 N–H and O–H groups in total. The van der Waals surface area contributed by atoms with Crippen LogP contribution in [0.5, 0.6) is 0 Å². The van der Waals surface area contributed by atoms with Crippen molar-refractivity contribution < 1.29 is 14.3 Å². The van der Waals surface area contributed by atoms with Crippen LogP contribution < -0.4 is 0 Å². The van der Waals surface area contributed by atoms with Gasteiger partial charge in [-0.3, -0.25) is 9.59 Å². The summed E-state index contributed by atoms with van der Waals surface area (Å²) < 4.78 is 4.80. The van der Waals surface area contributed by atoms with E-state index in [9.17, 15) is 9.59 Å². The molecule has 1 atom stereocenters. The van der Waals surface area contributed by atoms with Crippen LogP contribution in [0, 0.1) is 5.92 Å². The largest absolute Gasteiger partial charge is 0.469 e. The second kappa shape index (κ2) is 7.55. The van der Waals surface area contributed by atoms with Crippen molar-refractivity contribution in [3.05, 3.63) is 71.3 Å². The number of methoxy groups -OCH3 is 1. The maximum absolute atomic E-state index is 12.3. The lowest BCUT2D eigenvalue weighted by Crippen LogP contribution is -2.17. The van der Waals surface area contributed by atoms with Crippen LogP contribution in [0.3, 0.4) is 0 Å². The van der Waals surface area contributed by atoms with Crippen LogP contribution in [0.25, 0.3) is 0 Å². The Labute approximate surface area is 130 Å². The van der Waals surface area contributed by atoms with Crippen LogP contribution in [-0.2, 0) is 16.0 Å². The van der Waals surface area contributed by atoms with Gasteiger partial charge in [0.2, 0.25) is 0 Å². The van der Waals surface area contributed by atoms with E-state index in [0.717, 1.165) is 12.0 Å².